The zero-order chi connectivity index (χ0) is 13.7. The molecule has 0 radical (unpaired) electrons. The van der Waals surface area contributed by atoms with Crippen LogP contribution < -0.4 is 5.32 Å². The lowest BCUT2D eigenvalue weighted by Crippen LogP contribution is -2.40. The number of rotatable bonds is 4. The number of hydrogen-bond acceptors (Lipinski definition) is 2. The first kappa shape index (κ1) is 14.1. The van der Waals surface area contributed by atoms with E-state index in [9.17, 15) is 4.79 Å². The topological polar surface area (TPSA) is 32.3 Å². The number of nitrogens with one attached hydrogen (secondary N) is 1. The fourth-order valence-corrected chi connectivity index (χ4v) is 2.98. The van der Waals surface area contributed by atoms with Gasteiger partial charge in [-0.3, -0.25) is 4.79 Å². The molecule has 0 aromatic heterocycles. The molecule has 1 aliphatic heterocycles. The minimum Gasteiger partial charge on any atom is -0.326 e. The van der Waals surface area contributed by atoms with Gasteiger partial charge in [-0.25, -0.2) is 0 Å². The molecule has 2 atom stereocenters. The SMILES string of the molecule is C[C@H]1C[C@H](C)CN(CCC(=O)Nc2ccccc2)C1. The predicted molar refractivity (Wildman–Crippen MR) is 79.1 cm³/mol. The molecule has 3 nitrogen and oxygen atoms in total. The maximum atomic E-state index is 11.9. The quantitative estimate of drug-likeness (QED) is 0.902. The Hall–Kier alpha value is -1.35. The van der Waals surface area contributed by atoms with Crippen molar-refractivity contribution < 1.29 is 4.79 Å². The molecule has 2 rings (SSSR count). The van der Waals surface area contributed by atoms with Gasteiger partial charge in [-0.1, -0.05) is 32.0 Å². The molecular weight excluding hydrogens is 236 g/mol. The van der Waals surface area contributed by atoms with Crippen molar-refractivity contribution in [1.82, 2.24) is 4.90 Å². The molecule has 104 valence electrons. The maximum absolute atomic E-state index is 11.9. The molecular formula is C16H24N2O. The number of piperidine rings is 1. The second kappa shape index (κ2) is 6.71. The lowest BCUT2D eigenvalue weighted by molar-refractivity contribution is -0.116. The lowest BCUT2D eigenvalue weighted by Gasteiger charge is -2.34. The van der Waals surface area contributed by atoms with Crippen molar-refractivity contribution >= 4 is 11.6 Å². The first-order chi connectivity index (χ1) is 9.13. The predicted octanol–water partition coefficient (Wildman–Crippen LogP) is 2.99. The van der Waals surface area contributed by atoms with Gasteiger partial charge in [-0.05, 0) is 30.4 Å². The van der Waals surface area contributed by atoms with E-state index in [2.05, 4.69) is 24.1 Å². The van der Waals surface area contributed by atoms with Crippen LogP contribution in [0.15, 0.2) is 30.3 Å². The average Bonchev–Trinajstić information content (AvgIpc) is 2.36. The second-order valence-corrected chi connectivity index (χ2v) is 5.87. The summed E-state index contributed by atoms with van der Waals surface area (Å²) >= 11 is 0. The van der Waals surface area contributed by atoms with E-state index in [1.807, 2.05) is 30.3 Å². The van der Waals surface area contributed by atoms with Crippen LogP contribution in [0.1, 0.15) is 26.7 Å². The molecule has 1 aromatic rings. The number of anilines is 1. The van der Waals surface area contributed by atoms with Crippen LogP contribution in [-0.4, -0.2) is 30.4 Å². The normalized spacial score (nSPS) is 24.1. The summed E-state index contributed by atoms with van der Waals surface area (Å²) in [7, 11) is 0. The number of benzene rings is 1. The molecule has 0 saturated carbocycles. The summed E-state index contributed by atoms with van der Waals surface area (Å²) in [6.45, 7) is 7.72. The molecule has 1 saturated heterocycles. The van der Waals surface area contributed by atoms with Crippen LogP contribution in [0.25, 0.3) is 0 Å². The average molecular weight is 260 g/mol. The number of nitrogens with zero attached hydrogens (tertiary/aromatic N) is 1. The standard InChI is InChI=1S/C16H24N2O/c1-13-10-14(2)12-18(11-13)9-8-16(19)17-15-6-4-3-5-7-15/h3-7,13-14H,8-12H2,1-2H3,(H,17,19)/t13-,14-/m0/s1. The summed E-state index contributed by atoms with van der Waals surface area (Å²) in [6, 6.07) is 9.66. The summed E-state index contributed by atoms with van der Waals surface area (Å²) in [5, 5.41) is 2.94. The van der Waals surface area contributed by atoms with Crippen LogP contribution in [0.2, 0.25) is 0 Å². The molecule has 3 heteroatoms. The second-order valence-electron chi connectivity index (χ2n) is 5.87. The third-order valence-corrected chi connectivity index (χ3v) is 3.66. The molecule has 1 aromatic carbocycles. The van der Waals surface area contributed by atoms with E-state index in [0.29, 0.717) is 6.42 Å². The van der Waals surface area contributed by atoms with Crippen molar-refractivity contribution in [2.45, 2.75) is 26.7 Å². The van der Waals surface area contributed by atoms with Gasteiger partial charge in [0.25, 0.3) is 0 Å². The number of amides is 1. The number of carbonyl (C=O) groups excluding carboxylic acids is 1. The fourth-order valence-electron chi connectivity index (χ4n) is 2.98. The summed E-state index contributed by atoms with van der Waals surface area (Å²) < 4.78 is 0. The minimum absolute atomic E-state index is 0.108. The van der Waals surface area contributed by atoms with E-state index < -0.39 is 0 Å². The van der Waals surface area contributed by atoms with E-state index in [1.54, 1.807) is 0 Å². The molecule has 1 amide bonds. The Bertz CT molecular complexity index is 394. The summed E-state index contributed by atoms with van der Waals surface area (Å²) in [5.41, 5.74) is 0.882. The van der Waals surface area contributed by atoms with E-state index >= 15 is 0 Å². The van der Waals surface area contributed by atoms with Gasteiger partial charge in [0.05, 0.1) is 0 Å². The monoisotopic (exact) mass is 260 g/mol. The van der Waals surface area contributed by atoms with Gasteiger partial charge in [-0.2, -0.15) is 0 Å². The Morgan fingerprint density at radius 2 is 1.84 bits per heavy atom. The Kier molecular flexibility index (Phi) is 4.97. The first-order valence-corrected chi connectivity index (χ1v) is 7.20. The van der Waals surface area contributed by atoms with Gasteiger partial charge in [-0.15, -0.1) is 0 Å². The Labute approximate surface area is 116 Å². The van der Waals surface area contributed by atoms with Crippen LogP contribution in [0.5, 0.6) is 0 Å². The highest BCUT2D eigenvalue weighted by Gasteiger charge is 2.21. The molecule has 0 spiro atoms. The third-order valence-electron chi connectivity index (χ3n) is 3.66. The zero-order valence-corrected chi connectivity index (χ0v) is 11.9. The molecule has 1 fully saturated rings. The number of para-hydroxylation sites is 1. The van der Waals surface area contributed by atoms with E-state index in [4.69, 9.17) is 0 Å². The van der Waals surface area contributed by atoms with Crippen molar-refractivity contribution in [2.75, 3.05) is 25.0 Å². The van der Waals surface area contributed by atoms with Crippen LogP contribution in [-0.2, 0) is 4.79 Å². The Morgan fingerprint density at radius 1 is 1.21 bits per heavy atom. The van der Waals surface area contributed by atoms with E-state index in [0.717, 1.165) is 37.2 Å². The molecule has 1 heterocycles. The molecule has 0 bridgehead atoms. The van der Waals surface area contributed by atoms with Crippen LogP contribution >= 0.6 is 0 Å². The zero-order valence-electron chi connectivity index (χ0n) is 11.9. The molecule has 0 unspecified atom stereocenters. The summed E-state index contributed by atoms with van der Waals surface area (Å²) in [5.74, 6) is 1.61. The summed E-state index contributed by atoms with van der Waals surface area (Å²) in [6.07, 6.45) is 1.89. The van der Waals surface area contributed by atoms with Gasteiger partial charge in [0, 0.05) is 31.7 Å². The molecule has 1 aliphatic rings. The van der Waals surface area contributed by atoms with E-state index in [1.165, 1.54) is 6.42 Å². The van der Waals surface area contributed by atoms with Crippen molar-refractivity contribution in [2.24, 2.45) is 11.8 Å². The number of likely N-dealkylation sites (tertiary alicyclic amines) is 1. The highest BCUT2D eigenvalue weighted by atomic mass is 16.1. The lowest BCUT2D eigenvalue weighted by atomic mass is 9.92. The van der Waals surface area contributed by atoms with E-state index in [-0.39, 0.29) is 5.91 Å². The Morgan fingerprint density at radius 3 is 2.47 bits per heavy atom. The van der Waals surface area contributed by atoms with Gasteiger partial charge in [0.2, 0.25) is 5.91 Å². The van der Waals surface area contributed by atoms with Crippen LogP contribution in [0.4, 0.5) is 5.69 Å². The highest BCUT2D eigenvalue weighted by Crippen LogP contribution is 2.20. The van der Waals surface area contributed by atoms with Crippen molar-refractivity contribution in [3.8, 4) is 0 Å². The first-order valence-electron chi connectivity index (χ1n) is 7.20. The van der Waals surface area contributed by atoms with Crippen LogP contribution in [0, 0.1) is 11.8 Å². The largest absolute Gasteiger partial charge is 0.326 e. The van der Waals surface area contributed by atoms with Crippen molar-refractivity contribution in [1.29, 1.82) is 0 Å². The Balaban J connectivity index is 1.74. The van der Waals surface area contributed by atoms with Crippen molar-refractivity contribution in [3.63, 3.8) is 0 Å². The van der Waals surface area contributed by atoms with Crippen molar-refractivity contribution in [3.05, 3.63) is 30.3 Å². The maximum Gasteiger partial charge on any atom is 0.225 e. The highest BCUT2D eigenvalue weighted by molar-refractivity contribution is 5.90. The van der Waals surface area contributed by atoms with Gasteiger partial charge in [0.15, 0.2) is 0 Å². The molecule has 1 N–H and O–H groups in total. The van der Waals surface area contributed by atoms with Gasteiger partial charge < -0.3 is 10.2 Å². The van der Waals surface area contributed by atoms with Gasteiger partial charge >= 0.3 is 0 Å². The third kappa shape index (κ3) is 4.67. The molecule has 19 heavy (non-hydrogen) atoms. The molecule has 0 aliphatic carbocycles. The summed E-state index contributed by atoms with van der Waals surface area (Å²) in [4.78, 5) is 14.3. The van der Waals surface area contributed by atoms with Crippen LogP contribution in [0.3, 0.4) is 0 Å². The van der Waals surface area contributed by atoms with Gasteiger partial charge in [0.1, 0.15) is 0 Å². The number of hydrogen-bond donors (Lipinski definition) is 1. The smallest absolute Gasteiger partial charge is 0.225 e. The number of carbonyl (C=O) groups is 1. The minimum atomic E-state index is 0.108. The fraction of sp³-hybridized carbons (Fsp3) is 0.562.